The third-order valence-corrected chi connectivity index (χ3v) is 4.64. The summed E-state index contributed by atoms with van der Waals surface area (Å²) in [4.78, 5) is 31.6. The number of anilines is 1. The van der Waals surface area contributed by atoms with E-state index in [1.165, 1.54) is 11.1 Å². The second-order valence-electron chi connectivity index (χ2n) is 6.03. The molecule has 0 aliphatic carbocycles. The van der Waals surface area contributed by atoms with Crippen LogP contribution in [-0.4, -0.2) is 16.8 Å². The van der Waals surface area contributed by atoms with Crippen LogP contribution >= 0.6 is 0 Å². The van der Waals surface area contributed by atoms with Crippen LogP contribution in [0, 0.1) is 0 Å². The quantitative estimate of drug-likeness (QED) is 0.390. The van der Waals surface area contributed by atoms with Gasteiger partial charge in [0.05, 0.1) is 17.4 Å². The first-order valence-electron chi connectivity index (χ1n) is 7.99. The normalized spacial score (nSPS) is 13.7. The lowest BCUT2D eigenvalue weighted by Gasteiger charge is -2.28. The van der Waals surface area contributed by atoms with Gasteiger partial charge in [-0.3, -0.25) is 14.6 Å². The van der Waals surface area contributed by atoms with Gasteiger partial charge in [0.15, 0.2) is 0 Å². The van der Waals surface area contributed by atoms with Crippen LogP contribution in [0.3, 0.4) is 0 Å². The van der Waals surface area contributed by atoms with E-state index in [1.54, 1.807) is 24.4 Å². The van der Waals surface area contributed by atoms with E-state index in [0.717, 1.165) is 21.5 Å². The van der Waals surface area contributed by atoms with Gasteiger partial charge in [0.2, 0.25) is 0 Å². The SMILES string of the molecule is O=C1c2cccc3cc4ccccc4c(c23)C(=O)N1c1cccnc1. The number of nitrogens with zero attached hydrogens (tertiary/aromatic N) is 2. The van der Waals surface area contributed by atoms with Gasteiger partial charge in [-0.2, -0.15) is 0 Å². The summed E-state index contributed by atoms with van der Waals surface area (Å²) >= 11 is 0. The van der Waals surface area contributed by atoms with Gasteiger partial charge in [0, 0.05) is 17.1 Å². The molecular formula is C21H12N2O2. The minimum absolute atomic E-state index is 0.307. The van der Waals surface area contributed by atoms with Crippen molar-refractivity contribution in [2.45, 2.75) is 0 Å². The Morgan fingerprint density at radius 1 is 0.800 bits per heavy atom. The summed E-state index contributed by atoms with van der Waals surface area (Å²) in [6.45, 7) is 0. The second-order valence-corrected chi connectivity index (χ2v) is 6.03. The lowest BCUT2D eigenvalue weighted by atomic mass is 9.89. The predicted octanol–water partition coefficient (Wildman–Crippen LogP) is 4.19. The number of pyridine rings is 1. The summed E-state index contributed by atoms with van der Waals surface area (Å²) < 4.78 is 0. The van der Waals surface area contributed by atoms with Crippen LogP contribution in [0.2, 0.25) is 0 Å². The van der Waals surface area contributed by atoms with Gasteiger partial charge >= 0.3 is 0 Å². The lowest BCUT2D eigenvalue weighted by Crippen LogP contribution is -2.40. The number of hydrogen-bond donors (Lipinski definition) is 0. The zero-order valence-corrected chi connectivity index (χ0v) is 13.1. The van der Waals surface area contributed by atoms with Gasteiger partial charge in [-0.1, -0.05) is 36.4 Å². The summed E-state index contributed by atoms with van der Waals surface area (Å²) in [6.07, 6.45) is 3.15. The Balaban J connectivity index is 1.92. The van der Waals surface area contributed by atoms with Gasteiger partial charge in [0.25, 0.3) is 11.8 Å². The molecule has 118 valence electrons. The number of rotatable bonds is 1. The molecule has 0 N–H and O–H groups in total. The summed E-state index contributed by atoms with van der Waals surface area (Å²) in [6, 6.07) is 18.8. The van der Waals surface area contributed by atoms with Crippen LogP contribution in [0.25, 0.3) is 21.5 Å². The number of carbonyl (C=O) groups excluding carboxylic acids is 2. The molecule has 2 amide bonds. The first-order chi connectivity index (χ1) is 12.3. The number of fused-ring (bicyclic) bond motifs is 2. The van der Waals surface area contributed by atoms with Crippen LogP contribution in [0.15, 0.2) is 73.1 Å². The number of benzene rings is 3. The highest BCUT2D eigenvalue weighted by atomic mass is 16.2. The third kappa shape index (κ3) is 1.85. The molecule has 0 unspecified atom stereocenters. The molecule has 0 fully saturated rings. The number of imide groups is 1. The molecule has 25 heavy (non-hydrogen) atoms. The Hall–Kier alpha value is -3.53. The molecule has 4 nitrogen and oxygen atoms in total. The molecule has 0 bridgehead atoms. The van der Waals surface area contributed by atoms with Crippen molar-refractivity contribution in [1.29, 1.82) is 0 Å². The zero-order chi connectivity index (χ0) is 17.0. The molecule has 0 saturated carbocycles. The van der Waals surface area contributed by atoms with E-state index in [9.17, 15) is 9.59 Å². The molecule has 3 aromatic carbocycles. The van der Waals surface area contributed by atoms with Crippen LogP contribution < -0.4 is 4.90 Å². The molecule has 1 aliphatic rings. The Morgan fingerprint density at radius 3 is 2.48 bits per heavy atom. The maximum atomic E-state index is 13.3. The third-order valence-electron chi connectivity index (χ3n) is 4.64. The Morgan fingerprint density at radius 2 is 1.64 bits per heavy atom. The predicted molar refractivity (Wildman–Crippen MR) is 96.8 cm³/mol. The van der Waals surface area contributed by atoms with E-state index < -0.39 is 0 Å². The molecule has 0 saturated heterocycles. The van der Waals surface area contributed by atoms with E-state index in [2.05, 4.69) is 4.98 Å². The van der Waals surface area contributed by atoms with Crippen molar-refractivity contribution in [3.8, 4) is 0 Å². The van der Waals surface area contributed by atoms with Gasteiger partial charge < -0.3 is 0 Å². The van der Waals surface area contributed by atoms with Gasteiger partial charge in [-0.15, -0.1) is 0 Å². The second kappa shape index (κ2) is 4.98. The summed E-state index contributed by atoms with van der Waals surface area (Å²) in [5.41, 5.74) is 1.60. The molecule has 5 rings (SSSR count). The molecular weight excluding hydrogens is 312 g/mol. The highest BCUT2D eigenvalue weighted by molar-refractivity contribution is 6.39. The fourth-order valence-electron chi connectivity index (χ4n) is 3.57. The van der Waals surface area contributed by atoms with E-state index in [4.69, 9.17) is 0 Å². The van der Waals surface area contributed by atoms with Crippen molar-refractivity contribution in [1.82, 2.24) is 4.98 Å². The van der Waals surface area contributed by atoms with Crippen molar-refractivity contribution in [2.24, 2.45) is 0 Å². The maximum absolute atomic E-state index is 13.3. The van der Waals surface area contributed by atoms with Crippen molar-refractivity contribution in [2.75, 3.05) is 4.90 Å². The van der Waals surface area contributed by atoms with Crippen LogP contribution in [-0.2, 0) is 0 Å². The largest absolute Gasteiger partial charge is 0.268 e. The molecule has 4 heteroatoms. The van der Waals surface area contributed by atoms with E-state index in [-0.39, 0.29) is 11.8 Å². The Labute approximate surface area is 143 Å². The maximum Gasteiger partial charge on any atom is 0.266 e. The smallest absolute Gasteiger partial charge is 0.266 e. The first-order valence-corrected chi connectivity index (χ1v) is 7.99. The van der Waals surface area contributed by atoms with E-state index in [1.807, 2.05) is 42.5 Å². The van der Waals surface area contributed by atoms with Crippen LogP contribution in [0.5, 0.6) is 0 Å². The van der Waals surface area contributed by atoms with Gasteiger partial charge in [0.1, 0.15) is 0 Å². The summed E-state index contributed by atoms with van der Waals surface area (Å²) in [7, 11) is 0. The molecule has 4 aromatic rings. The van der Waals surface area contributed by atoms with Crippen molar-refractivity contribution < 1.29 is 9.59 Å². The standard InChI is InChI=1S/C21H12N2O2/c24-20-17-9-3-6-14-11-13-5-1-2-8-16(13)19(18(14)17)21(25)23(20)15-7-4-10-22-12-15/h1-12H. The van der Waals surface area contributed by atoms with E-state index in [0.29, 0.717) is 16.8 Å². The van der Waals surface area contributed by atoms with E-state index >= 15 is 0 Å². The van der Waals surface area contributed by atoms with Crippen LogP contribution in [0.1, 0.15) is 20.7 Å². The molecule has 1 aromatic heterocycles. The molecule has 0 atom stereocenters. The minimum atomic E-state index is -0.314. The summed E-state index contributed by atoms with van der Waals surface area (Å²) in [5, 5.41) is 3.47. The molecule has 2 heterocycles. The molecule has 1 aliphatic heterocycles. The average Bonchev–Trinajstić information content (AvgIpc) is 2.65. The zero-order valence-electron chi connectivity index (χ0n) is 13.1. The fourth-order valence-corrected chi connectivity index (χ4v) is 3.57. The number of amides is 2. The van der Waals surface area contributed by atoms with Crippen molar-refractivity contribution in [3.05, 3.63) is 84.2 Å². The number of aromatic nitrogens is 1. The number of hydrogen-bond acceptors (Lipinski definition) is 3. The highest BCUT2D eigenvalue weighted by Crippen LogP contribution is 2.37. The topological polar surface area (TPSA) is 50.3 Å². The van der Waals surface area contributed by atoms with Crippen LogP contribution in [0.4, 0.5) is 5.69 Å². The van der Waals surface area contributed by atoms with Gasteiger partial charge in [-0.05, 0) is 40.4 Å². The lowest BCUT2D eigenvalue weighted by molar-refractivity contribution is 0.0894. The fraction of sp³-hybridized carbons (Fsp3) is 0. The van der Waals surface area contributed by atoms with Crippen molar-refractivity contribution >= 4 is 39.0 Å². The summed E-state index contributed by atoms with van der Waals surface area (Å²) in [5.74, 6) is -0.620. The Kier molecular flexibility index (Phi) is 2.76. The monoisotopic (exact) mass is 324 g/mol. The number of carbonyl (C=O) groups is 2. The Bertz CT molecular complexity index is 1180. The molecule has 0 radical (unpaired) electrons. The van der Waals surface area contributed by atoms with Gasteiger partial charge in [-0.25, -0.2) is 4.90 Å². The van der Waals surface area contributed by atoms with Crippen molar-refractivity contribution in [3.63, 3.8) is 0 Å². The molecule has 0 spiro atoms. The minimum Gasteiger partial charge on any atom is -0.268 e. The highest BCUT2D eigenvalue weighted by Gasteiger charge is 2.35. The first kappa shape index (κ1) is 13.9. The average molecular weight is 324 g/mol.